The molecule has 1 rings (SSSR count). The maximum absolute atomic E-state index is 12.2. The Morgan fingerprint density at radius 3 is 2.31 bits per heavy atom. The molecular weight excluding hydrogens is 253 g/mol. The zero-order valence-corrected chi connectivity index (χ0v) is 7.80. The molecular formula is C7H6BrF3O2. The average molecular weight is 259 g/mol. The lowest BCUT2D eigenvalue weighted by atomic mass is 9.99. The van der Waals surface area contributed by atoms with Gasteiger partial charge < -0.3 is 10.2 Å². The van der Waals surface area contributed by atoms with Crippen molar-refractivity contribution in [2.75, 3.05) is 0 Å². The molecule has 0 bridgehead atoms. The second-order valence-corrected chi connectivity index (χ2v) is 3.50. The van der Waals surface area contributed by atoms with Crippen molar-refractivity contribution in [3.8, 4) is 0 Å². The van der Waals surface area contributed by atoms with Gasteiger partial charge >= 0.3 is 6.18 Å². The van der Waals surface area contributed by atoms with Crippen molar-refractivity contribution in [2.45, 2.75) is 18.4 Å². The second kappa shape index (κ2) is 3.43. The van der Waals surface area contributed by atoms with Crippen molar-refractivity contribution in [2.24, 2.45) is 0 Å². The molecule has 0 aromatic heterocycles. The maximum Gasteiger partial charge on any atom is 0.415 e. The highest BCUT2D eigenvalue weighted by Gasteiger charge is 2.41. The van der Waals surface area contributed by atoms with Crippen molar-refractivity contribution < 1.29 is 23.4 Å². The number of hydrogen-bond acceptors (Lipinski definition) is 2. The van der Waals surface area contributed by atoms with E-state index in [0.29, 0.717) is 0 Å². The van der Waals surface area contributed by atoms with E-state index in [1.54, 1.807) is 0 Å². The Morgan fingerprint density at radius 1 is 1.31 bits per heavy atom. The van der Waals surface area contributed by atoms with Gasteiger partial charge in [-0.2, -0.15) is 13.2 Å². The average Bonchev–Trinajstić information content (AvgIpc) is 1.94. The van der Waals surface area contributed by atoms with Crippen LogP contribution in [0.1, 0.15) is 0 Å². The number of aliphatic hydroxyl groups excluding tert-OH is 2. The molecule has 0 aromatic carbocycles. The van der Waals surface area contributed by atoms with Gasteiger partial charge in [-0.15, -0.1) is 0 Å². The van der Waals surface area contributed by atoms with Crippen LogP contribution in [0, 0.1) is 0 Å². The van der Waals surface area contributed by atoms with E-state index in [-0.39, 0.29) is 4.48 Å². The third-order valence-electron chi connectivity index (χ3n) is 1.59. The molecule has 0 fully saturated rings. The fourth-order valence-corrected chi connectivity index (χ4v) is 1.49. The molecule has 74 valence electrons. The van der Waals surface area contributed by atoms with Gasteiger partial charge in [-0.1, -0.05) is 15.9 Å². The summed E-state index contributed by atoms with van der Waals surface area (Å²) in [5.41, 5.74) is -1.14. The summed E-state index contributed by atoms with van der Waals surface area (Å²) in [6, 6.07) is 0. The number of aliphatic hydroxyl groups is 2. The molecule has 0 aliphatic heterocycles. The molecule has 0 radical (unpaired) electrons. The first kappa shape index (κ1) is 10.7. The van der Waals surface area contributed by atoms with Crippen molar-refractivity contribution in [3.63, 3.8) is 0 Å². The molecule has 1 aliphatic rings. The zero-order chi connectivity index (χ0) is 10.2. The van der Waals surface area contributed by atoms with Gasteiger partial charge in [0.1, 0.15) is 12.2 Å². The number of allylic oxidation sites excluding steroid dienone is 2. The lowest BCUT2D eigenvalue weighted by Gasteiger charge is -2.23. The molecule has 2 atom stereocenters. The topological polar surface area (TPSA) is 40.5 Å². The van der Waals surface area contributed by atoms with Crippen LogP contribution in [0.25, 0.3) is 0 Å². The normalized spacial score (nSPS) is 29.7. The SMILES string of the molecule is O[C@@H]1C(C(F)(F)F)=CC(Br)=C[C@@H]1O. The zero-order valence-electron chi connectivity index (χ0n) is 6.22. The van der Waals surface area contributed by atoms with Crippen LogP contribution in [0.5, 0.6) is 0 Å². The third kappa shape index (κ3) is 2.32. The first-order valence-electron chi connectivity index (χ1n) is 3.34. The number of hydrogen-bond donors (Lipinski definition) is 2. The molecule has 0 aromatic rings. The maximum atomic E-state index is 12.2. The summed E-state index contributed by atoms with van der Waals surface area (Å²) in [6.45, 7) is 0. The smallest absolute Gasteiger partial charge is 0.386 e. The number of rotatable bonds is 0. The van der Waals surface area contributed by atoms with Crippen LogP contribution < -0.4 is 0 Å². The van der Waals surface area contributed by atoms with E-state index < -0.39 is 24.0 Å². The molecule has 0 spiro atoms. The van der Waals surface area contributed by atoms with E-state index in [1.807, 2.05) is 0 Å². The van der Waals surface area contributed by atoms with E-state index in [1.165, 1.54) is 0 Å². The minimum absolute atomic E-state index is 0.109. The van der Waals surface area contributed by atoms with Gasteiger partial charge in [0.2, 0.25) is 0 Å². The van der Waals surface area contributed by atoms with Gasteiger partial charge in [0, 0.05) is 4.48 Å². The van der Waals surface area contributed by atoms with Crippen LogP contribution in [0.4, 0.5) is 13.2 Å². The van der Waals surface area contributed by atoms with E-state index in [9.17, 15) is 13.2 Å². The molecule has 0 unspecified atom stereocenters. The standard InChI is InChI=1S/C7H6BrF3O2/c8-3-1-4(7(9,10)11)6(13)5(12)2-3/h1-2,5-6,12-13H/t5-,6+/m0/s1. The lowest BCUT2D eigenvalue weighted by molar-refractivity contribution is -0.113. The molecule has 0 heterocycles. The Balaban J connectivity index is 3.02. The van der Waals surface area contributed by atoms with Crippen LogP contribution in [-0.4, -0.2) is 28.6 Å². The third-order valence-corrected chi connectivity index (χ3v) is 2.09. The molecule has 2 N–H and O–H groups in total. The Labute approximate surface area is 80.5 Å². The molecule has 2 nitrogen and oxygen atoms in total. The summed E-state index contributed by atoms with van der Waals surface area (Å²) in [7, 11) is 0. The van der Waals surface area contributed by atoms with Crippen LogP contribution in [0.2, 0.25) is 0 Å². The van der Waals surface area contributed by atoms with E-state index in [0.717, 1.165) is 12.2 Å². The summed E-state index contributed by atoms with van der Waals surface area (Å²) in [5, 5.41) is 18.0. The summed E-state index contributed by atoms with van der Waals surface area (Å²) in [4.78, 5) is 0. The van der Waals surface area contributed by atoms with Gasteiger partial charge in [-0.05, 0) is 12.2 Å². The fraction of sp³-hybridized carbons (Fsp3) is 0.429. The minimum atomic E-state index is -4.62. The van der Waals surface area contributed by atoms with Crippen LogP contribution in [-0.2, 0) is 0 Å². The van der Waals surface area contributed by atoms with Crippen LogP contribution in [0.15, 0.2) is 22.2 Å². The van der Waals surface area contributed by atoms with E-state index in [2.05, 4.69) is 15.9 Å². The van der Waals surface area contributed by atoms with Crippen molar-refractivity contribution in [1.29, 1.82) is 0 Å². The molecule has 0 saturated carbocycles. The van der Waals surface area contributed by atoms with Crippen molar-refractivity contribution in [1.82, 2.24) is 0 Å². The lowest BCUT2D eigenvalue weighted by Crippen LogP contribution is -2.35. The van der Waals surface area contributed by atoms with Crippen molar-refractivity contribution in [3.05, 3.63) is 22.2 Å². The van der Waals surface area contributed by atoms with Gasteiger partial charge in [-0.25, -0.2) is 0 Å². The first-order valence-corrected chi connectivity index (χ1v) is 4.14. The second-order valence-electron chi connectivity index (χ2n) is 2.58. The first-order chi connectivity index (χ1) is 5.82. The highest BCUT2D eigenvalue weighted by Crippen LogP contribution is 2.34. The van der Waals surface area contributed by atoms with Crippen molar-refractivity contribution >= 4 is 15.9 Å². The fourth-order valence-electron chi connectivity index (χ4n) is 0.970. The van der Waals surface area contributed by atoms with Crippen LogP contribution in [0.3, 0.4) is 0 Å². The quantitative estimate of drug-likeness (QED) is 0.691. The van der Waals surface area contributed by atoms with Gasteiger partial charge in [-0.3, -0.25) is 0 Å². The Bertz CT molecular complexity index is 269. The van der Waals surface area contributed by atoms with Crippen LogP contribution >= 0.6 is 15.9 Å². The predicted octanol–water partition coefficient (Wildman–Crippen LogP) is 1.49. The van der Waals surface area contributed by atoms with Gasteiger partial charge in [0.15, 0.2) is 0 Å². The highest BCUT2D eigenvalue weighted by atomic mass is 79.9. The largest absolute Gasteiger partial charge is 0.415 e. The summed E-state index contributed by atoms with van der Waals surface area (Å²) in [5.74, 6) is 0. The highest BCUT2D eigenvalue weighted by molar-refractivity contribution is 9.11. The minimum Gasteiger partial charge on any atom is -0.386 e. The molecule has 0 amide bonds. The molecule has 0 saturated heterocycles. The van der Waals surface area contributed by atoms with E-state index in [4.69, 9.17) is 10.2 Å². The molecule has 6 heteroatoms. The summed E-state index contributed by atoms with van der Waals surface area (Å²) in [6.07, 6.45) is -6.19. The monoisotopic (exact) mass is 258 g/mol. The Morgan fingerprint density at radius 2 is 1.85 bits per heavy atom. The Hall–Kier alpha value is -0.330. The molecule has 13 heavy (non-hydrogen) atoms. The molecule has 1 aliphatic carbocycles. The van der Waals surface area contributed by atoms with E-state index >= 15 is 0 Å². The van der Waals surface area contributed by atoms with Gasteiger partial charge in [0.25, 0.3) is 0 Å². The summed E-state index contributed by atoms with van der Waals surface area (Å²) < 4.78 is 36.6. The number of halogens is 4. The van der Waals surface area contributed by atoms with Gasteiger partial charge in [0.05, 0.1) is 5.57 Å². The summed E-state index contributed by atoms with van der Waals surface area (Å²) >= 11 is 2.80. The number of alkyl halides is 3. The Kier molecular flexibility index (Phi) is 2.84. The predicted molar refractivity (Wildman–Crippen MR) is 43.2 cm³/mol.